The van der Waals surface area contributed by atoms with Crippen LogP contribution in [0.5, 0.6) is 0 Å². The van der Waals surface area contributed by atoms with Crippen molar-refractivity contribution in [2.45, 2.75) is 52.0 Å². The Morgan fingerprint density at radius 2 is 1.95 bits per heavy atom. The van der Waals surface area contributed by atoms with Gasteiger partial charge in [-0.15, -0.1) is 0 Å². The summed E-state index contributed by atoms with van der Waals surface area (Å²) >= 11 is 0. The summed E-state index contributed by atoms with van der Waals surface area (Å²) in [6.07, 6.45) is 8.24. The van der Waals surface area contributed by atoms with Gasteiger partial charge < -0.3 is 4.79 Å². The number of hydrogen-bond acceptors (Lipinski definition) is 2. The van der Waals surface area contributed by atoms with Crippen LogP contribution >= 0.6 is 0 Å². The molecule has 21 heavy (non-hydrogen) atoms. The molecule has 2 aliphatic rings. The van der Waals surface area contributed by atoms with E-state index in [2.05, 4.69) is 36.1 Å². The summed E-state index contributed by atoms with van der Waals surface area (Å²) in [5, 5.41) is 0. The lowest BCUT2D eigenvalue weighted by Gasteiger charge is -2.38. The van der Waals surface area contributed by atoms with Gasteiger partial charge in [-0.2, -0.15) is 0 Å². The third-order valence-corrected chi connectivity index (χ3v) is 5.49. The lowest BCUT2D eigenvalue weighted by molar-refractivity contribution is -0.119. The van der Waals surface area contributed by atoms with E-state index in [9.17, 15) is 4.79 Å². The topological polar surface area (TPSA) is 20.3 Å². The fourth-order valence-corrected chi connectivity index (χ4v) is 4.00. The van der Waals surface area contributed by atoms with Crippen LogP contribution in [0.2, 0.25) is 0 Å². The maximum atomic E-state index is 11.8. The molecule has 1 heterocycles. The summed E-state index contributed by atoms with van der Waals surface area (Å²) in [5.41, 5.74) is 2.88. The van der Waals surface area contributed by atoms with Crippen LogP contribution in [-0.4, -0.2) is 24.3 Å². The standard InChI is InChI=1S/C19H27NO/c1-16-8-10-19(15-21,11-9-16)14-20-12-4-7-17-5-2-3-6-18(17)13-20/h2-3,5-6,15-16H,4,7-14H2,1H3. The van der Waals surface area contributed by atoms with E-state index in [0.29, 0.717) is 0 Å². The van der Waals surface area contributed by atoms with Gasteiger partial charge in [-0.1, -0.05) is 31.2 Å². The smallest absolute Gasteiger partial charge is 0.127 e. The van der Waals surface area contributed by atoms with Crippen LogP contribution in [0.4, 0.5) is 0 Å². The first kappa shape index (κ1) is 14.8. The van der Waals surface area contributed by atoms with Gasteiger partial charge in [0, 0.05) is 18.5 Å². The summed E-state index contributed by atoms with van der Waals surface area (Å²) in [5.74, 6) is 0.794. The number of rotatable bonds is 3. The summed E-state index contributed by atoms with van der Waals surface area (Å²) in [6, 6.07) is 8.80. The molecule has 114 valence electrons. The van der Waals surface area contributed by atoms with E-state index in [-0.39, 0.29) is 5.41 Å². The average molecular weight is 285 g/mol. The van der Waals surface area contributed by atoms with Crippen LogP contribution in [0.3, 0.4) is 0 Å². The largest absolute Gasteiger partial charge is 0.303 e. The molecular weight excluding hydrogens is 258 g/mol. The average Bonchev–Trinajstić information content (AvgIpc) is 2.71. The van der Waals surface area contributed by atoms with Gasteiger partial charge in [0.25, 0.3) is 0 Å². The minimum atomic E-state index is -0.0776. The van der Waals surface area contributed by atoms with Gasteiger partial charge in [0.15, 0.2) is 0 Å². The summed E-state index contributed by atoms with van der Waals surface area (Å²) in [7, 11) is 0. The lowest BCUT2D eigenvalue weighted by Crippen LogP contribution is -2.41. The van der Waals surface area contributed by atoms with E-state index in [1.807, 2.05) is 0 Å². The van der Waals surface area contributed by atoms with E-state index < -0.39 is 0 Å². The summed E-state index contributed by atoms with van der Waals surface area (Å²) in [6.45, 7) is 5.41. The lowest BCUT2D eigenvalue weighted by atomic mass is 9.71. The van der Waals surface area contributed by atoms with Crippen molar-refractivity contribution in [3.63, 3.8) is 0 Å². The predicted molar refractivity (Wildman–Crippen MR) is 86.2 cm³/mol. The zero-order valence-corrected chi connectivity index (χ0v) is 13.2. The molecule has 0 aromatic heterocycles. The molecule has 0 spiro atoms. The molecule has 0 saturated heterocycles. The minimum Gasteiger partial charge on any atom is -0.303 e. The first-order chi connectivity index (χ1) is 10.2. The number of carbonyl (C=O) groups excluding carboxylic acids is 1. The van der Waals surface area contributed by atoms with Crippen molar-refractivity contribution in [3.8, 4) is 0 Å². The van der Waals surface area contributed by atoms with Crippen LogP contribution in [0.15, 0.2) is 24.3 Å². The van der Waals surface area contributed by atoms with Crippen molar-refractivity contribution in [1.29, 1.82) is 0 Å². The highest BCUT2D eigenvalue weighted by Crippen LogP contribution is 2.38. The Labute approximate surface area is 128 Å². The number of fused-ring (bicyclic) bond motifs is 1. The molecule has 0 N–H and O–H groups in total. The van der Waals surface area contributed by atoms with Gasteiger partial charge in [-0.25, -0.2) is 0 Å². The SMILES string of the molecule is CC1CCC(C=O)(CN2CCCc3ccccc3C2)CC1. The molecule has 1 aromatic carbocycles. The van der Waals surface area contributed by atoms with E-state index >= 15 is 0 Å². The first-order valence-corrected chi connectivity index (χ1v) is 8.46. The summed E-state index contributed by atoms with van der Waals surface area (Å²) < 4.78 is 0. The molecule has 0 bridgehead atoms. The second kappa shape index (κ2) is 6.31. The molecule has 1 aliphatic carbocycles. The molecule has 1 saturated carbocycles. The fourth-order valence-electron chi connectivity index (χ4n) is 4.00. The van der Waals surface area contributed by atoms with Crippen LogP contribution in [0.25, 0.3) is 0 Å². The number of hydrogen-bond donors (Lipinski definition) is 0. The second-order valence-corrected chi connectivity index (χ2v) is 7.25. The van der Waals surface area contributed by atoms with Gasteiger partial charge in [-0.05, 0) is 62.1 Å². The highest BCUT2D eigenvalue weighted by Gasteiger charge is 2.35. The fraction of sp³-hybridized carbons (Fsp3) is 0.632. The van der Waals surface area contributed by atoms with Crippen molar-refractivity contribution in [2.24, 2.45) is 11.3 Å². The van der Waals surface area contributed by atoms with Crippen LogP contribution in [0, 0.1) is 11.3 Å². The monoisotopic (exact) mass is 285 g/mol. The van der Waals surface area contributed by atoms with Crippen molar-refractivity contribution in [2.75, 3.05) is 13.1 Å². The molecule has 0 unspecified atom stereocenters. The van der Waals surface area contributed by atoms with Crippen molar-refractivity contribution >= 4 is 6.29 Å². The maximum Gasteiger partial charge on any atom is 0.127 e. The Morgan fingerprint density at radius 3 is 2.67 bits per heavy atom. The number of carbonyl (C=O) groups is 1. The van der Waals surface area contributed by atoms with Crippen LogP contribution in [-0.2, 0) is 17.8 Å². The van der Waals surface area contributed by atoms with Crippen molar-refractivity contribution in [1.82, 2.24) is 4.90 Å². The molecule has 0 amide bonds. The van der Waals surface area contributed by atoms with E-state index in [4.69, 9.17) is 0 Å². The number of aryl methyl sites for hydroxylation is 1. The molecule has 1 aromatic rings. The van der Waals surface area contributed by atoms with Gasteiger partial charge >= 0.3 is 0 Å². The van der Waals surface area contributed by atoms with Gasteiger partial charge in [0.05, 0.1) is 0 Å². The highest BCUT2D eigenvalue weighted by atomic mass is 16.1. The predicted octanol–water partition coefficient (Wildman–Crippen LogP) is 3.83. The van der Waals surface area contributed by atoms with Crippen LogP contribution < -0.4 is 0 Å². The Hall–Kier alpha value is -1.15. The van der Waals surface area contributed by atoms with Crippen LogP contribution in [0.1, 0.15) is 50.2 Å². The third-order valence-electron chi connectivity index (χ3n) is 5.49. The quantitative estimate of drug-likeness (QED) is 0.787. The first-order valence-electron chi connectivity index (χ1n) is 8.46. The molecule has 3 rings (SSSR count). The van der Waals surface area contributed by atoms with Gasteiger partial charge in [0.2, 0.25) is 0 Å². The Balaban J connectivity index is 1.71. The molecular formula is C19H27NO. The molecule has 1 aliphatic heterocycles. The number of benzene rings is 1. The van der Waals surface area contributed by atoms with E-state index in [0.717, 1.165) is 38.4 Å². The third kappa shape index (κ3) is 3.37. The maximum absolute atomic E-state index is 11.8. The summed E-state index contributed by atoms with van der Waals surface area (Å²) in [4.78, 5) is 14.3. The van der Waals surface area contributed by atoms with Gasteiger partial charge in [-0.3, -0.25) is 4.90 Å². The molecule has 0 atom stereocenters. The van der Waals surface area contributed by atoms with Gasteiger partial charge in [0.1, 0.15) is 6.29 Å². The normalized spacial score (nSPS) is 30.4. The minimum absolute atomic E-state index is 0.0776. The number of aldehydes is 1. The molecule has 1 fully saturated rings. The second-order valence-electron chi connectivity index (χ2n) is 7.25. The number of nitrogens with zero attached hydrogens (tertiary/aromatic N) is 1. The zero-order chi connectivity index (χ0) is 14.7. The van der Waals surface area contributed by atoms with E-state index in [1.165, 1.54) is 43.1 Å². The Kier molecular flexibility index (Phi) is 4.44. The van der Waals surface area contributed by atoms with E-state index in [1.54, 1.807) is 0 Å². The Morgan fingerprint density at radius 1 is 1.24 bits per heavy atom. The molecule has 2 heteroatoms. The molecule has 0 radical (unpaired) electrons. The highest BCUT2D eigenvalue weighted by molar-refractivity contribution is 5.60. The molecule has 2 nitrogen and oxygen atoms in total. The zero-order valence-electron chi connectivity index (χ0n) is 13.2. The van der Waals surface area contributed by atoms with Crippen molar-refractivity contribution < 1.29 is 4.79 Å². The Bertz CT molecular complexity index is 488. The van der Waals surface area contributed by atoms with Crippen molar-refractivity contribution in [3.05, 3.63) is 35.4 Å².